The Kier molecular flexibility index (Phi) is 7.54. The highest BCUT2D eigenvalue weighted by Crippen LogP contribution is 2.32. The first-order valence-electron chi connectivity index (χ1n) is 11.3. The van der Waals surface area contributed by atoms with Gasteiger partial charge in [0.2, 0.25) is 10.0 Å². The molecule has 0 saturated heterocycles. The average Bonchev–Trinajstić information content (AvgIpc) is 3.49. The SMILES string of the molecule is CCCCN(C)S(=O)(=O)c1ccc(C(=O)Nc2nc(-c3cc4cc(OCC)ccc4o3)cs2)cc1. The van der Waals surface area contributed by atoms with Gasteiger partial charge in [-0.05, 0) is 61.9 Å². The summed E-state index contributed by atoms with van der Waals surface area (Å²) in [6.45, 7) is 4.97. The Hall–Kier alpha value is -3.21. The number of nitrogens with one attached hydrogen (secondary N) is 1. The summed E-state index contributed by atoms with van der Waals surface area (Å²) in [5.41, 5.74) is 1.66. The Morgan fingerprint density at radius 2 is 1.91 bits per heavy atom. The highest BCUT2D eigenvalue weighted by Gasteiger charge is 2.21. The van der Waals surface area contributed by atoms with Gasteiger partial charge in [0.1, 0.15) is 17.0 Å². The van der Waals surface area contributed by atoms with Gasteiger partial charge in [0, 0.05) is 29.9 Å². The number of carbonyl (C=O) groups is 1. The van der Waals surface area contributed by atoms with Crippen molar-refractivity contribution in [1.82, 2.24) is 9.29 Å². The van der Waals surface area contributed by atoms with Crippen LogP contribution >= 0.6 is 11.3 Å². The van der Waals surface area contributed by atoms with Crippen LogP contribution in [0.5, 0.6) is 5.75 Å². The van der Waals surface area contributed by atoms with Crippen LogP contribution < -0.4 is 10.1 Å². The number of furan rings is 1. The maximum Gasteiger partial charge on any atom is 0.257 e. The Morgan fingerprint density at radius 3 is 2.63 bits per heavy atom. The molecule has 4 rings (SSSR count). The van der Waals surface area contributed by atoms with Gasteiger partial charge in [-0.15, -0.1) is 11.3 Å². The number of carbonyl (C=O) groups excluding carboxylic acids is 1. The van der Waals surface area contributed by atoms with E-state index in [4.69, 9.17) is 9.15 Å². The lowest BCUT2D eigenvalue weighted by Gasteiger charge is -2.16. The second-order valence-electron chi connectivity index (χ2n) is 7.94. The second kappa shape index (κ2) is 10.6. The molecular formula is C25H27N3O5S2. The molecule has 0 radical (unpaired) electrons. The van der Waals surface area contributed by atoms with Crippen molar-refractivity contribution in [3.05, 3.63) is 59.5 Å². The van der Waals surface area contributed by atoms with Crippen LogP contribution in [0.3, 0.4) is 0 Å². The van der Waals surface area contributed by atoms with Gasteiger partial charge in [0.15, 0.2) is 10.9 Å². The molecule has 0 spiro atoms. The summed E-state index contributed by atoms with van der Waals surface area (Å²) in [5.74, 6) is 0.984. The number of sulfonamides is 1. The van der Waals surface area contributed by atoms with E-state index in [0.717, 1.165) is 29.6 Å². The normalized spacial score (nSPS) is 11.8. The van der Waals surface area contributed by atoms with Crippen LogP contribution in [0, 0.1) is 0 Å². The molecule has 0 fully saturated rings. The molecule has 0 aliphatic heterocycles. The van der Waals surface area contributed by atoms with Gasteiger partial charge in [-0.2, -0.15) is 0 Å². The molecule has 2 heterocycles. The third-order valence-electron chi connectivity index (χ3n) is 5.43. The lowest BCUT2D eigenvalue weighted by Crippen LogP contribution is -2.28. The number of thiazole rings is 1. The highest BCUT2D eigenvalue weighted by atomic mass is 32.2. The molecule has 0 saturated carbocycles. The Bertz CT molecular complexity index is 1430. The van der Waals surface area contributed by atoms with Gasteiger partial charge in [-0.25, -0.2) is 17.7 Å². The summed E-state index contributed by atoms with van der Waals surface area (Å²) in [5, 5.41) is 5.88. The average molecular weight is 514 g/mol. The van der Waals surface area contributed by atoms with E-state index in [2.05, 4.69) is 10.3 Å². The molecule has 0 bridgehead atoms. The molecule has 184 valence electrons. The summed E-state index contributed by atoms with van der Waals surface area (Å²) in [7, 11) is -2.02. The molecule has 4 aromatic rings. The van der Waals surface area contributed by atoms with E-state index < -0.39 is 10.0 Å². The molecule has 0 aliphatic carbocycles. The number of nitrogens with zero attached hydrogens (tertiary/aromatic N) is 2. The van der Waals surface area contributed by atoms with Gasteiger partial charge < -0.3 is 9.15 Å². The number of hydrogen-bond donors (Lipinski definition) is 1. The van der Waals surface area contributed by atoms with E-state index >= 15 is 0 Å². The molecule has 8 nitrogen and oxygen atoms in total. The maximum atomic E-state index is 12.7. The zero-order valence-corrected chi connectivity index (χ0v) is 21.4. The Labute approximate surface area is 208 Å². The number of ether oxygens (including phenoxy) is 1. The number of fused-ring (bicyclic) bond motifs is 1. The minimum atomic E-state index is -3.58. The smallest absolute Gasteiger partial charge is 0.257 e. The van der Waals surface area contributed by atoms with E-state index in [1.54, 1.807) is 12.4 Å². The number of anilines is 1. The summed E-state index contributed by atoms with van der Waals surface area (Å²) < 4.78 is 38.1. The van der Waals surface area contributed by atoms with E-state index in [-0.39, 0.29) is 10.8 Å². The predicted octanol–water partition coefficient (Wildman–Crippen LogP) is 5.63. The monoisotopic (exact) mass is 513 g/mol. The third-order valence-corrected chi connectivity index (χ3v) is 8.06. The number of hydrogen-bond acceptors (Lipinski definition) is 7. The molecule has 35 heavy (non-hydrogen) atoms. The molecule has 1 N–H and O–H groups in total. The van der Waals surface area contributed by atoms with Gasteiger partial charge >= 0.3 is 0 Å². The first kappa shape index (κ1) is 24.9. The number of amides is 1. The van der Waals surface area contributed by atoms with Crippen molar-refractivity contribution in [2.75, 3.05) is 25.5 Å². The lowest BCUT2D eigenvalue weighted by molar-refractivity contribution is 0.102. The first-order chi connectivity index (χ1) is 16.8. The highest BCUT2D eigenvalue weighted by molar-refractivity contribution is 7.89. The fourth-order valence-corrected chi connectivity index (χ4v) is 5.38. The standard InChI is InChI=1S/C25H27N3O5S2/c1-4-6-13-28(3)35(30,31)20-10-7-17(8-11-20)24(29)27-25-26-21(16-34-25)23-15-18-14-19(32-5-2)9-12-22(18)33-23/h7-12,14-16H,4-6,13H2,1-3H3,(H,26,27,29). The summed E-state index contributed by atoms with van der Waals surface area (Å²) in [6, 6.07) is 13.4. The number of aromatic nitrogens is 1. The zero-order chi connectivity index (χ0) is 25.0. The summed E-state index contributed by atoms with van der Waals surface area (Å²) in [6.07, 6.45) is 1.69. The number of rotatable bonds is 10. The van der Waals surface area contributed by atoms with Crippen LogP contribution in [0.1, 0.15) is 37.0 Å². The zero-order valence-electron chi connectivity index (χ0n) is 19.8. The predicted molar refractivity (Wildman–Crippen MR) is 138 cm³/mol. The fraction of sp³-hybridized carbons (Fsp3) is 0.280. The van der Waals surface area contributed by atoms with E-state index in [0.29, 0.717) is 35.3 Å². The Balaban J connectivity index is 1.45. The van der Waals surface area contributed by atoms with Gasteiger partial charge in [0.25, 0.3) is 5.91 Å². The van der Waals surface area contributed by atoms with Crippen LogP contribution in [0.4, 0.5) is 5.13 Å². The van der Waals surface area contributed by atoms with Crippen LogP contribution in [0.15, 0.2) is 63.2 Å². The molecule has 2 aromatic heterocycles. The van der Waals surface area contributed by atoms with Crippen molar-refractivity contribution in [3.8, 4) is 17.2 Å². The minimum Gasteiger partial charge on any atom is -0.494 e. The lowest BCUT2D eigenvalue weighted by atomic mass is 10.2. The molecule has 1 amide bonds. The van der Waals surface area contributed by atoms with Crippen molar-refractivity contribution in [1.29, 1.82) is 0 Å². The number of unbranched alkanes of at least 4 members (excludes halogenated alkanes) is 1. The molecule has 2 aromatic carbocycles. The largest absolute Gasteiger partial charge is 0.494 e. The van der Waals surface area contributed by atoms with Crippen molar-refractivity contribution in [2.24, 2.45) is 0 Å². The minimum absolute atomic E-state index is 0.154. The van der Waals surface area contributed by atoms with Crippen molar-refractivity contribution in [3.63, 3.8) is 0 Å². The first-order valence-corrected chi connectivity index (χ1v) is 13.6. The van der Waals surface area contributed by atoms with E-state index in [1.807, 2.05) is 38.1 Å². The van der Waals surface area contributed by atoms with E-state index in [1.165, 1.54) is 39.9 Å². The van der Waals surface area contributed by atoms with Crippen molar-refractivity contribution in [2.45, 2.75) is 31.6 Å². The summed E-state index contributed by atoms with van der Waals surface area (Å²) in [4.78, 5) is 17.3. The van der Waals surface area contributed by atoms with Crippen LogP contribution in [0.2, 0.25) is 0 Å². The van der Waals surface area contributed by atoms with Crippen LogP contribution in [-0.2, 0) is 10.0 Å². The van der Waals surface area contributed by atoms with Crippen LogP contribution in [-0.4, -0.2) is 43.8 Å². The topological polar surface area (TPSA) is 102 Å². The van der Waals surface area contributed by atoms with Gasteiger partial charge in [-0.3, -0.25) is 10.1 Å². The molecule has 0 unspecified atom stereocenters. The quantitative estimate of drug-likeness (QED) is 0.295. The Morgan fingerprint density at radius 1 is 1.14 bits per heavy atom. The van der Waals surface area contributed by atoms with Crippen molar-refractivity contribution >= 4 is 43.4 Å². The summed E-state index contributed by atoms with van der Waals surface area (Å²) >= 11 is 1.28. The fourth-order valence-electron chi connectivity index (χ4n) is 3.48. The maximum absolute atomic E-state index is 12.7. The molecular weight excluding hydrogens is 486 g/mol. The van der Waals surface area contributed by atoms with E-state index in [9.17, 15) is 13.2 Å². The molecule has 0 aliphatic rings. The van der Waals surface area contributed by atoms with Crippen molar-refractivity contribution < 1.29 is 22.4 Å². The number of benzene rings is 2. The molecule has 0 atom stereocenters. The van der Waals surface area contributed by atoms with Crippen LogP contribution in [0.25, 0.3) is 22.4 Å². The third kappa shape index (κ3) is 5.55. The second-order valence-corrected chi connectivity index (χ2v) is 10.8. The van der Waals surface area contributed by atoms with Gasteiger partial charge in [-0.1, -0.05) is 13.3 Å². The van der Waals surface area contributed by atoms with Gasteiger partial charge in [0.05, 0.1) is 11.5 Å². The molecule has 10 heteroatoms.